The van der Waals surface area contributed by atoms with Crippen LogP contribution in [-0.2, 0) is 9.59 Å². The standard InChI is InChI=1S/C11H22N2O3/c1-7(11(2,3)4)13-10(16)8(12)5-6-9(14)15/h7-8H,5-6,12H2,1-4H3,(H,13,16)(H,14,15). The van der Waals surface area contributed by atoms with Crippen LogP contribution >= 0.6 is 0 Å². The van der Waals surface area contributed by atoms with E-state index in [2.05, 4.69) is 5.32 Å². The molecule has 0 saturated carbocycles. The zero-order valence-corrected chi connectivity index (χ0v) is 10.4. The van der Waals surface area contributed by atoms with E-state index in [0.29, 0.717) is 0 Å². The number of hydrogen-bond donors (Lipinski definition) is 3. The highest BCUT2D eigenvalue weighted by atomic mass is 16.4. The molecule has 0 aliphatic carbocycles. The molecule has 0 radical (unpaired) electrons. The highest BCUT2D eigenvalue weighted by molar-refractivity contribution is 5.82. The molecule has 16 heavy (non-hydrogen) atoms. The molecule has 5 nitrogen and oxygen atoms in total. The van der Waals surface area contributed by atoms with Crippen LogP contribution in [0.15, 0.2) is 0 Å². The van der Waals surface area contributed by atoms with Gasteiger partial charge in [-0.15, -0.1) is 0 Å². The first kappa shape index (κ1) is 14.9. The first-order valence-electron chi connectivity index (χ1n) is 5.42. The Morgan fingerprint density at radius 1 is 1.38 bits per heavy atom. The Bertz CT molecular complexity index is 258. The average molecular weight is 230 g/mol. The van der Waals surface area contributed by atoms with Crippen molar-refractivity contribution >= 4 is 11.9 Å². The normalized spacial score (nSPS) is 15.3. The number of carbonyl (C=O) groups excluding carboxylic acids is 1. The molecular weight excluding hydrogens is 208 g/mol. The molecule has 0 aliphatic rings. The Hall–Kier alpha value is -1.10. The van der Waals surface area contributed by atoms with Crippen LogP contribution in [0.1, 0.15) is 40.5 Å². The van der Waals surface area contributed by atoms with Crippen LogP contribution in [0.5, 0.6) is 0 Å². The largest absolute Gasteiger partial charge is 0.481 e. The molecule has 0 aromatic rings. The smallest absolute Gasteiger partial charge is 0.303 e. The predicted octanol–water partition coefficient (Wildman–Crippen LogP) is 0.729. The topological polar surface area (TPSA) is 92.4 Å². The van der Waals surface area contributed by atoms with Gasteiger partial charge < -0.3 is 16.2 Å². The van der Waals surface area contributed by atoms with Gasteiger partial charge in [-0.05, 0) is 18.8 Å². The zero-order chi connectivity index (χ0) is 12.9. The number of amides is 1. The zero-order valence-electron chi connectivity index (χ0n) is 10.4. The molecule has 0 aliphatic heterocycles. The minimum Gasteiger partial charge on any atom is -0.481 e. The number of rotatable bonds is 5. The highest BCUT2D eigenvalue weighted by Gasteiger charge is 2.24. The Morgan fingerprint density at radius 3 is 2.25 bits per heavy atom. The number of carboxylic acids is 1. The van der Waals surface area contributed by atoms with Gasteiger partial charge in [0.1, 0.15) is 0 Å². The third kappa shape index (κ3) is 5.70. The number of carbonyl (C=O) groups is 2. The summed E-state index contributed by atoms with van der Waals surface area (Å²) in [5.41, 5.74) is 5.54. The van der Waals surface area contributed by atoms with E-state index in [9.17, 15) is 9.59 Å². The molecule has 0 spiro atoms. The lowest BCUT2D eigenvalue weighted by Gasteiger charge is -2.29. The Balaban J connectivity index is 4.10. The summed E-state index contributed by atoms with van der Waals surface area (Å²) in [6.45, 7) is 7.95. The van der Waals surface area contributed by atoms with Crippen LogP contribution in [0.4, 0.5) is 0 Å². The Kier molecular flexibility index (Phi) is 5.44. The maximum atomic E-state index is 11.6. The predicted molar refractivity (Wildman–Crippen MR) is 61.9 cm³/mol. The molecule has 0 saturated heterocycles. The molecule has 94 valence electrons. The van der Waals surface area contributed by atoms with Crippen molar-refractivity contribution in [3.8, 4) is 0 Å². The molecule has 0 rings (SSSR count). The number of nitrogens with one attached hydrogen (secondary N) is 1. The van der Waals surface area contributed by atoms with Crippen molar-refractivity contribution in [2.24, 2.45) is 11.1 Å². The summed E-state index contributed by atoms with van der Waals surface area (Å²) in [6, 6.07) is -0.753. The molecular formula is C11H22N2O3. The maximum Gasteiger partial charge on any atom is 0.303 e. The second-order valence-corrected chi connectivity index (χ2v) is 5.14. The summed E-state index contributed by atoms with van der Waals surface area (Å²) < 4.78 is 0. The summed E-state index contributed by atoms with van der Waals surface area (Å²) in [6.07, 6.45) is 0.0799. The third-order valence-corrected chi connectivity index (χ3v) is 2.66. The van der Waals surface area contributed by atoms with Crippen LogP contribution in [0, 0.1) is 5.41 Å². The van der Waals surface area contributed by atoms with Gasteiger partial charge in [0.2, 0.25) is 5.91 Å². The third-order valence-electron chi connectivity index (χ3n) is 2.66. The maximum absolute atomic E-state index is 11.6. The quantitative estimate of drug-likeness (QED) is 0.649. The molecule has 2 unspecified atom stereocenters. The van der Waals surface area contributed by atoms with Crippen LogP contribution < -0.4 is 11.1 Å². The van der Waals surface area contributed by atoms with E-state index in [1.54, 1.807) is 0 Å². The van der Waals surface area contributed by atoms with E-state index in [-0.39, 0.29) is 30.2 Å². The SMILES string of the molecule is CC(NC(=O)C(N)CCC(=O)O)C(C)(C)C. The second-order valence-electron chi connectivity index (χ2n) is 5.14. The van der Waals surface area contributed by atoms with Gasteiger partial charge in [-0.2, -0.15) is 0 Å². The molecule has 0 fully saturated rings. The summed E-state index contributed by atoms with van der Waals surface area (Å²) in [4.78, 5) is 21.9. The molecule has 5 heteroatoms. The van der Waals surface area contributed by atoms with Gasteiger partial charge in [-0.1, -0.05) is 20.8 Å². The van der Waals surface area contributed by atoms with E-state index in [0.717, 1.165) is 0 Å². The lowest BCUT2D eigenvalue weighted by molar-refractivity contribution is -0.137. The summed E-state index contributed by atoms with van der Waals surface area (Å²) >= 11 is 0. The van der Waals surface area contributed by atoms with Crippen molar-refractivity contribution < 1.29 is 14.7 Å². The van der Waals surface area contributed by atoms with E-state index in [1.165, 1.54) is 0 Å². The van der Waals surface area contributed by atoms with E-state index >= 15 is 0 Å². The fourth-order valence-corrected chi connectivity index (χ4v) is 0.947. The van der Waals surface area contributed by atoms with Crippen LogP contribution in [0.3, 0.4) is 0 Å². The molecule has 1 amide bonds. The van der Waals surface area contributed by atoms with Crippen molar-refractivity contribution in [1.29, 1.82) is 0 Å². The number of carboxylic acid groups (broad SMARTS) is 1. The van der Waals surface area contributed by atoms with Crippen molar-refractivity contribution in [2.75, 3.05) is 0 Å². The first-order chi connectivity index (χ1) is 7.14. The van der Waals surface area contributed by atoms with Crippen molar-refractivity contribution in [3.05, 3.63) is 0 Å². The fraction of sp³-hybridized carbons (Fsp3) is 0.818. The van der Waals surface area contributed by atoms with Crippen molar-refractivity contribution in [3.63, 3.8) is 0 Å². The summed E-state index contributed by atoms with van der Waals surface area (Å²) in [5.74, 6) is -1.23. The molecule has 4 N–H and O–H groups in total. The summed E-state index contributed by atoms with van der Waals surface area (Å²) in [5, 5.41) is 11.3. The van der Waals surface area contributed by atoms with Gasteiger partial charge in [0.05, 0.1) is 6.04 Å². The molecule has 0 aromatic carbocycles. The van der Waals surface area contributed by atoms with Gasteiger partial charge in [0.25, 0.3) is 0 Å². The highest BCUT2D eigenvalue weighted by Crippen LogP contribution is 2.18. The number of hydrogen-bond acceptors (Lipinski definition) is 3. The lowest BCUT2D eigenvalue weighted by Crippen LogP contribution is -2.48. The Morgan fingerprint density at radius 2 is 1.88 bits per heavy atom. The Labute approximate surface area is 96.4 Å². The van der Waals surface area contributed by atoms with Crippen LogP contribution in [0.25, 0.3) is 0 Å². The molecule has 2 atom stereocenters. The van der Waals surface area contributed by atoms with Crippen molar-refractivity contribution in [1.82, 2.24) is 5.32 Å². The van der Waals surface area contributed by atoms with E-state index < -0.39 is 12.0 Å². The number of aliphatic carboxylic acids is 1. The van der Waals surface area contributed by atoms with Crippen LogP contribution in [0.2, 0.25) is 0 Å². The van der Waals surface area contributed by atoms with E-state index in [4.69, 9.17) is 10.8 Å². The monoisotopic (exact) mass is 230 g/mol. The van der Waals surface area contributed by atoms with Crippen LogP contribution in [-0.4, -0.2) is 29.1 Å². The average Bonchev–Trinajstić information content (AvgIpc) is 2.12. The second kappa shape index (κ2) is 5.84. The van der Waals surface area contributed by atoms with Gasteiger partial charge in [-0.3, -0.25) is 9.59 Å². The molecule has 0 aromatic heterocycles. The minimum atomic E-state index is -0.938. The van der Waals surface area contributed by atoms with Gasteiger partial charge in [-0.25, -0.2) is 0 Å². The summed E-state index contributed by atoms with van der Waals surface area (Å²) in [7, 11) is 0. The van der Waals surface area contributed by atoms with Gasteiger partial charge in [0, 0.05) is 12.5 Å². The molecule has 0 bridgehead atoms. The van der Waals surface area contributed by atoms with Gasteiger partial charge >= 0.3 is 5.97 Å². The van der Waals surface area contributed by atoms with Crippen molar-refractivity contribution in [2.45, 2.75) is 52.6 Å². The first-order valence-corrected chi connectivity index (χ1v) is 5.42. The van der Waals surface area contributed by atoms with E-state index in [1.807, 2.05) is 27.7 Å². The lowest BCUT2D eigenvalue weighted by atomic mass is 9.88. The minimum absolute atomic E-state index is 0.00382. The number of nitrogens with two attached hydrogens (primary N) is 1. The molecule has 0 heterocycles. The van der Waals surface area contributed by atoms with Gasteiger partial charge in [0.15, 0.2) is 0 Å². The fourth-order valence-electron chi connectivity index (χ4n) is 0.947.